The summed E-state index contributed by atoms with van der Waals surface area (Å²) in [6, 6.07) is 12.8. The lowest BCUT2D eigenvalue weighted by molar-refractivity contribution is -0.115. The third-order valence-electron chi connectivity index (χ3n) is 4.37. The number of rotatable bonds is 4. The predicted molar refractivity (Wildman–Crippen MR) is 128 cm³/mol. The standard InChI is InChI=1S/C23H20Cl2N2O2S/c1-13-10-14(2)22(15(3)11-13)27-23(30)26-21(28)9-6-17-5-8-20(29-17)18-7-4-16(24)12-19(18)25/h4-12H,1-3H3,(H2,26,27,28,30)/b9-6+. The largest absolute Gasteiger partial charge is 0.457 e. The summed E-state index contributed by atoms with van der Waals surface area (Å²) in [7, 11) is 0. The van der Waals surface area contributed by atoms with Gasteiger partial charge in [-0.1, -0.05) is 40.9 Å². The third-order valence-corrected chi connectivity index (χ3v) is 5.13. The van der Waals surface area contributed by atoms with Crippen molar-refractivity contribution >= 4 is 58.2 Å². The molecule has 0 bridgehead atoms. The van der Waals surface area contributed by atoms with Gasteiger partial charge in [0.15, 0.2) is 5.11 Å². The van der Waals surface area contributed by atoms with Gasteiger partial charge in [-0.3, -0.25) is 10.1 Å². The fourth-order valence-electron chi connectivity index (χ4n) is 3.11. The van der Waals surface area contributed by atoms with E-state index in [0.717, 1.165) is 22.4 Å². The second-order valence-electron chi connectivity index (χ2n) is 6.88. The van der Waals surface area contributed by atoms with Crippen molar-refractivity contribution in [1.82, 2.24) is 5.32 Å². The molecule has 0 aliphatic carbocycles. The van der Waals surface area contributed by atoms with Crippen LogP contribution < -0.4 is 10.6 Å². The van der Waals surface area contributed by atoms with Crippen molar-refractivity contribution in [2.75, 3.05) is 5.32 Å². The lowest BCUT2D eigenvalue weighted by atomic mass is 10.1. The van der Waals surface area contributed by atoms with Crippen LogP contribution in [0.5, 0.6) is 0 Å². The van der Waals surface area contributed by atoms with E-state index in [9.17, 15) is 4.79 Å². The van der Waals surface area contributed by atoms with Crippen LogP contribution in [0.4, 0.5) is 5.69 Å². The molecule has 0 spiro atoms. The first kappa shape index (κ1) is 22.1. The van der Waals surface area contributed by atoms with E-state index in [4.69, 9.17) is 39.8 Å². The Bertz CT molecular complexity index is 1130. The minimum absolute atomic E-state index is 0.229. The first-order valence-electron chi connectivity index (χ1n) is 9.16. The van der Waals surface area contributed by atoms with Crippen LogP contribution >= 0.6 is 35.4 Å². The molecule has 2 N–H and O–H groups in total. The molecule has 4 nitrogen and oxygen atoms in total. The van der Waals surface area contributed by atoms with E-state index in [0.29, 0.717) is 21.6 Å². The summed E-state index contributed by atoms with van der Waals surface area (Å²) in [5.74, 6) is 0.729. The van der Waals surface area contributed by atoms with E-state index in [1.807, 2.05) is 20.8 Å². The number of amides is 1. The van der Waals surface area contributed by atoms with Crippen molar-refractivity contribution in [2.24, 2.45) is 0 Å². The van der Waals surface area contributed by atoms with Gasteiger partial charge in [-0.25, -0.2) is 0 Å². The molecule has 2 aromatic carbocycles. The van der Waals surface area contributed by atoms with Crippen LogP contribution in [0.25, 0.3) is 17.4 Å². The van der Waals surface area contributed by atoms with Crippen molar-refractivity contribution in [3.8, 4) is 11.3 Å². The van der Waals surface area contributed by atoms with Crippen LogP contribution in [-0.2, 0) is 4.79 Å². The van der Waals surface area contributed by atoms with E-state index >= 15 is 0 Å². The maximum atomic E-state index is 12.2. The van der Waals surface area contributed by atoms with E-state index in [1.165, 1.54) is 11.6 Å². The molecular weight excluding hydrogens is 439 g/mol. The van der Waals surface area contributed by atoms with Crippen LogP contribution in [0, 0.1) is 20.8 Å². The van der Waals surface area contributed by atoms with E-state index < -0.39 is 0 Å². The van der Waals surface area contributed by atoms with E-state index in [1.54, 1.807) is 36.4 Å². The Labute approximate surface area is 190 Å². The Morgan fingerprint density at radius 3 is 2.40 bits per heavy atom. The van der Waals surface area contributed by atoms with Gasteiger partial charge in [-0.2, -0.15) is 0 Å². The Hall–Kier alpha value is -2.60. The summed E-state index contributed by atoms with van der Waals surface area (Å²) >= 11 is 17.4. The number of thiocarbonyl (C=S) groups is 1. The summed E-state index contributed by atoms with van der Waals surface area (Å²) < 4.78 is 5.74. The fourth-order valence-corrected chi connectivity index (χ4v) is 3.81. The summed E-state index contributed by atoms with van der Waals surface area (Å²) in [6.07, 6.45) is 2.92. The van der Waals surface area contributed by atoms with Crippen molar-refractivity contribution in [3.63, 3.8) is 0 Å². The Kier molecular flexibility index (Phi) is 6.98. The molecule has 7 heteroatoms. The van der Waals surface area contributed by atoms with E-state index in [-0.39, 0.29) is 11.0 Å². The molecule has 0 unspecified atom stereocenters. The molecular formula is C23H20Cl2N2O2S. The summed E-state index contributed by atoms with van der Waals surface area (Å²) in [5, 5.41) is 6.99. The van der Waals surface area contributed by atoms with Gasteiger partial charge in [0.1, 0.15) is 11.5 Å². The maximum Gasteiger partial charge on any atom is 0.250 e. The number of benzene rings is 2. The molecule has 1 amide bonds. The molecule has 0 aliphatic rings. The van der Waals surface area contributed by atoms with E-state index in [2.05, 4.69) is 22.8 Å². The monoisotopic (exact) mass is 458 g/mol. The molecule has 1 aromatic heterocycles. The highest BCUT2D eigenvalue weighted by molar-refractivity contribution is 7.80. The number of halogens is 2. The first-order valence-corrected chi connectivity index (χ1v) is 10.3. The van der Waals surface area contributed by atoms with Crippen molar-refractivity contribution in [3.05, 3.63) is 81.0 Å². The van der Waals surface area contributed by atoms with Crippen molar-refractivity contribution in [2.45, 2.75) is 20.8 Å². The topological polar surface area (TPSA) is 54.3 Å². The van der Waals surface area contributed by atoms with Crippen LogP contribution in [-0.4, -0.2) is 11.0 Å². The zero-order chi connectivity index (χ0) is 21.8. The quantitative estimate of drug-likeness (QED) is 0.337. The van der Waals surface area contributed by atoms with Gasteiger partial charge >= 0.3 is 0 Å². The second-order valence-corrected chi connectivity index (χ2v) is 8.13. The van der Waals surface area contributed by atoms with Crippen molar-refractivity contribution in [1.29, 1.82) is 0 Å². The molecule has 0 fully saturated rings. The third kappa shape index (κ3) is 5.51. The Balaban J connectivity index is 1.63. The Morgan fingerprint density at radius 2 is 1.73 bits per heavy atom. The molecule has 0 saturated carbocycles. The normalized spacial score (nSPS) is 11.0. The van der Waals surface area contributed by atoms with Crippen molar-refractivity contribution < 1.29 is 9.21 Å². The highest BCUT2D eigenvalue weighted by atomic mass is 35.5. The lowest BCUT2D eigenvalue weighted by Gasteiger charge is -2.14. The molecule has 0 radical (unpaired) electrons. The van der Waals surface area contributed by atoms with Gasteiger partial charge in [-0.15, -0.1) is 0 Å². The second kappa shape index (κ2) is 9.47. The van der Waals surface area contributed by atoms with Gasteiger partial charge in [0, 0.05) is 22.3 Å². The highest BCUT2D eigenvalue weighted by Gasteiger charge is 2.10. The van der Waals surface area contributed by atoms with Gasteiger partial charge in [0.25, 0.3) is 0 Å². The molecule has 0 saturated heterocycles. The number of hydrogen-bond acceptors (Lipinski definition) is 3. The fraction of sp³-hybridized carbons (Fsp3) is 0.130. The van der Waals surface area contributed by atoms with Gasteiger partial charge in [0.05, 0.1) is 5.02 Å². The summed E-state index contributed by atoms with van der Waals surface area (Å²) in [5.41, 5.74) is 4.91. The molecule has 3 rings (SSSR count). The summed E-state index contributed by atoms with van der Waals surface area (Å²) in [4.78, 5) is 12.2. The average Bonchev–Trinajstić information content (AvgIpc) is 3.11. The first-order chi connectivity index (χ1) is 14.2. The number of anilines is 1. The number of furan rings is 1. The zero-order valence-electron chi connectivity index (χ0n) is 16.7. The Morgan fingerprint density at radius 1 is 1.03 bits per heavy atom. The molecule has 0 atom stereocenters. The number of carbonyl (C=O) groups excluding carboxylic acids is 1. The van der Waals surface area contributed by atoms with Gasteiger partial charge < -0.3 is 9.73 Å². The summed E-state index contributed by atoms with van der Waals surface area (Å²) in [6.45, 7) is 6.03. The molecule has 30 heavy (non-hydrogen) atoms. The van der Waals surface area contributed by atoms with Crippen LogP contribution in [0.2, 0.25) is 10.0 Å². The maximum absolute atomic E-state index is 12.2. The number of carbonyl (C=O) groups is 1. The SMILES string of the molecule is Cc1cc(C)c(NC(=S)NC(=O)/C=C/c2ccc(-c3ccc(Cl)cc3Cl)o2)c(C)c1. The van der Waals surface area contributed by atoms with Crippen LogP contribution in [0.15, 0.2) is 53.0 Å². The predicted octanol–water partition coefficient (Wildman–Crippen LogP) is 6.71. The minimum atomic E-state index is -0.364. The van der Waals surface area contributed by atoms with Gasteiger partial charge in [0.2, 0.25) is 5.91 Å². The lowest BCUT2D eigenvalue weighted by Crippen LogP contribution is -2.33. The highest BCUT2D eigenvalue weighted by Crippen LogP contribution is 2.31. The van der Waals surface area contributed by atoms with Crippen LogP contribution in [0.3, 0.4) is 0 Å². The number of nitrogens with one attached hydrogen (secondary N) is 2. The van der Waals surface area contributed by atoms with Gasteiger partial charge in [-0.05, 0) is 80.5 Å². The smallest absolute Gasteiger partial charge is 0.250 e. The molecule has 0 aliphatic heterocycles. The number of hydrogen-bond donors (Lipinski definition) is 2. The molecule has 3 aromatic rings. The average molecular weight is 459 g/mol. The van der Waals surface area contributed by atoms with Crippen LogP contribution in [0.1, 0.15) is 22.5 Å². The number of aryl methyl sites for hydroxylation is 3. The minimum Gasteiger partial charge on any atom is -0.457 e. The zero-order valence-corrected chi connectivity index (χ0v) is 19.0. The molecule has 154 valence electrons. The molecule has 1 heterocycles.